The molecule has 0 N–H and O–H groups in total. The van der Waals surface area contributed by atoms with Gasteiger partial charge in [0.25, 0.3) is 0 Å². The van der Waals surface area contributed by atoms with E-state index in [0.717, 1.165) is 6.42 Å². The summed E-state index contributed by atoms with van der Waals surface area (Å²) in [5, 5.41) is 0. The normalized spacial score (nSPS) is 27.5. The molecule has 0 aliphatic carbocycles. The Morgan fingerprint density at radius 2 is 2.11 bits per heavy atom. The lowest BCUT2D eigenvalue weighted by Crippen LogP contribution is -2.34. The predicted molar refractivity (Wildman–Crippen MR) is 80.5 cm³/mol. The molecule has 0 spiro atoms. The molecule has 100 valence electrons. The summed E-state index contributed by atoms with van der Waals surface area (Å²) in [6.45, 7) is 1.24. The van der Waals surface area contributed by atoms with Crippen molar-refractivity contribution in [2.24, 2.45) is 10.9 Å². The third-order valence-electron chi connectivity index (χ3n) is 4.38. The highest BCUT2D eigenvalue weighted by Crippen LogP contribution is 2.29. The lowest BCUT2D eigenvalue weighted by molar-refractivity contribution is 0.266. The van der Waals surface area contributed by atoms with Crippen molar-refractivity contribution in [2.45, 2.75) is 31.7 Å². The first kappa shape index (κ1) is 12.6. The molecule has 2 nitrogen and oxygen atoms in total. The minimum Gasteiger partial charge on any atom is -0.303 e. The van der Waals surface area contributed by atoms with Crippen LogP contribution in [0.15, 0.2) is 47.1 Å². The van der Waals surface area contributed by atoms with Crippen LogP contribution in [-0.4, -0.2) is 30.7 Å². The third-order valence-corrected chi connectivity index (χ3v) is 4.38. The van der Waals surface area contributed by atoms with Gasteiger partial charge in [-0.2, -0.15) is 0 Å². The van der Waals surface area contributed by atoms with Crippen molar-refractivity contribution in [3.05, 3.63) is 47.7 Å². The predicted octanol–water partition coefficient (Wildman–Crippen LogP) is 3.30. The molecule has 19 heavy (non-hydrogen) atoms. The van der Waals surface area contributed by atoms with E-state index < -0.39 is 0 Å². The highest BCUT2D eigenvalue weighted by atomic mass is 15.1. The van der Waals surface area contributed by atoms with Gasteiger partial charge >= 0.3 is 0 Å². The van der Waals surface area contributed by atoms with Gasteiger partial charge in [-0.3, -0.25) is 4.99 Å². The Morgan fingerprint density at radius 1 is 1.26 bits per heavy atom. The fraction of sp³-hybridized carbons (Fsp3) is 0.471. The zero-order valence-electron chi connectivity index (χ0n) is 11.6. The monoisotopic (exact) mass is 254 g/mol. The van der Waals surface area contributed by atoms with Gasteiger partial charge < -0.3 is 4.90 Å². The van der Waals surface area contributed by atoms with E-state index in [-0.39, 0.29) is 0 Å². The van der Waals surface area contributed by atoms with Gasteiger partial charge in [-0.25, -0.2) is 0 Å². The van der Waals surface area contributed by atoms with Gasteiger partial charge in [0.2, 0.25) is 0 Å². The van der Waals surface area contributed by atoms with Crippen LogP contribution in [0, 0.1) is 5.92 Å². The van der Waals surface area contributed by atoms with Crippen LogP contribution >= 0.6 is 0 Å². The van der Waals surface area contributed by atoms with Crippen molar-refractivity contribution >= 4 is 6.21 Å². The molecule has 0 saturated carbocycles. The van der Waals surface area contributed by atoms with E-state index in [1.807, 2.05) is 0 Å². The fourth-order valence-electron chi connectivity index (χ4n) is 3.36. The molecule has 2 atom stereocenters. The molecule has 1 saturated heterocycles. The molecule has 0 radical (unpaired) electrons. The number of nitrogens with zero attached hydrogens (tertiary/aromatic N) is 2. The number of hydrogen-bond acceptors (Lipinski definition) is 2. The van der Waals surface area contributed by atoms with Crippen molar-refractivity contribution in [3.8, 4) is 0 Å². The molecule has 0 aromatic heterocycles. The largest absolute Gasteiger partial charge is 0.303 e. The fourth-order valence-corrected chi connectivity index (χ4v) is 3.36. The van der Waals surface area contributed by atoms with Crippen LogP contribution in [0.2, 0.25) is 0 Å². The maximum atomic E-state index is 4.50. The highest BCUT2D eigenvalue weighted by molar-refractivity contribution is 5.65. The topological polar surface area (TPSA) is 15.6 Å². The van der Waals surface area contributed by atoms with E-state index in [4.69, 9.17) is 0 Å². The van der Waals surface area contributed by atoms with Gasteiger partial charge in [-0.05, 0) is 50.4 Å². The van der Waals surface area contributed by atoms with Crippen LogP contribution in [0.25, 0.3) is 0 Å². The molecular formula is C17H22N2. The van der Waals surface area contributed by atoms with E-state index in [1.54, 1.807) is 0 Å². The molecule has 2 heterocycles. The van der Waals surface area contributed by atoms with E-state index in [0.29, 0.717) is 12.0 Å². The first-order valence-corrected chi connectivity index (χ1v) is 7.28. The summed E-state index contributed by atoms with van der Waals surface area (Å²) in [6.07, 6.45) is 9.12. The van der Waals surface area contributed by atoms with Crippen LogP contribution in [0.5, 0.6) is 0 Å². The van der Waals surface area contributed by atoms with Crippen molar-refractivity contribution in [2.75, 3.05) is 13.6 Å². The van der Waals surface area contributed by atoms with Gasteiger partial charge in [0, 0.05) is 24.4 Å². The van der Waals surface area contributed by atoms with Crippen LogP contribution in [0.3, 0.4) is 0 Å². The molecule has 1 unspecified atom stereocenters. The number of aliphatic imine (C=N–C) groups is 1. The van der Waals surface area contributed by atoms with Crippen molar-refractivity contribution < 1.29 is 0 Å². The molecule has 1 aromatic rings. The number of hydrogen-bond donors (Lipinski definition) is 0. The second-order valence-corrected chi connectivity index (χ2v) is 5.81. The summed E-state index contributed by atoms with van der Waals surface area (Å²) < 4.78 is 0. The van der Waals surface area contributed by atoms with Crippen LogP contribution < -0.4 is 0 Å². The van der Waals surface area contributed by atoms with E-state index in [2.05, 4.69) is 59.7 Å². The SMILES string of the molecule is CN1CCC[C@H]1C1C=NC=C(Cc2ccccc2)C1. The average molecular weight is 254 g/mol. The van der Waals surface area contributed by atoms with Crippen LogP contribution in [0.4, 0.5) is 0 Å². The van der Waals surface area contributed by atoms with E-state index >= 15 is 0 Å². The number of benzene rings is 1. The zero-order valence-corrected chi connectivity index (χ0v) is 11.6. The third kappa shape index (κ3) is 2.95. The number of likely N-dealkylation sites (tertiary alicyclic amines) is 1. The summed E-state index contributed by atoms with van der Waals surface area (Å²) in [5.41, 5.74) is 2.86. The summed E-state index contributed by atoms with van der Waals surface area (Å²) >= 11 is 0. The molecule has 1 aromatic carbocycles. The smallest absolute Gasteiger partial charge is 0.0259 e. The van der Waals surface area contributed by atoms with E-state index in [1.165, 1.54) is 36.9 Å². The number of rotatable bonds is 3. The summed E-state index contributed by atoms with van der Waals surface area (Å²) in [5.74, 6) is 0.608. The maximum Gasteiger partial charge on any atom is 0.0259 e. The zero-order chi connectivity index (χ0) is 13.1. The standard InChI is InChI=1S/C17H22N2/c1-19-9-5-8-17(19)16-11-15(12-18-13-16)10-14-6-3-2-4-7-14/h2-4,6-7,12-13,16-17H,5,8-11H2,1H3/t16?,17-/m0/s1. The molecule has 0 bridgehead atoms. The second-order valence-electron chi connectivity index (χ2n) is 5.81. The lowest BCUT2D eigenvalue weighted by atomic mass is 9.88. The number of allylic oxidation sites excluding steroid dienone is 1. The van der Waals surface area contributed by atoms with E-state index in [9.17, 15) is 0 Å². The minimum absolute atomic E-state index is 0.608. The molecular weight excluding hydrogens is 232 g/mol. The van der Waals surface area contributed by atoms with Crippen LogP contribution in [0.1, 0.15) is 24.8 Å². The average Bonchev–Trinajstić information content (AvgIpc) is 2.86. The molecule has 2 heteroatoms. The Balaban J connectivity index is 1.65. The Labute approximate surface area is 115 Å². The second kappa shape index (κ2) is 5.70. The Morgan fingerprint density at radius 3 is 2.84 bits per heavy atom. The molecule has 1 fully saturated rings. The summed E-state index contributed by atoms with van der Waals surface area (Å²) in [7, 11) is 2.25. The highest BCUT2D eigenvalue weighted by Gasteiger charge is 2.29. The minimum atomic E-state index is 0.608. The van der Waals surface area contributed by atoms with Crippen LogP contribution in [-0.2, 0) is 6.42 Å². The van der Waals surface area contributed by atoms with Gasteiger partial charge in [0.15, 0.2) is 0 Å². The Kier molecular flexibility index (Phi) is 3.79. The van der Waals surface area contributed by atoms with Crippen molar-refractivity contribution in [1.82, 2.24) is 4.90 Å². The summed E-state index contributed by atoms with van der Waals surface area (Å²) in [4.78, 5) is 7.00. The molecule has 0 amide bonds. The summed E-state index contributed by atoms with van der Waals surface area (Å²) in [6, 6.07) is 11.4. The molecule has 2 aliphatic heterocycles. The van der Waals surface area contributed by atoms with Gasteiger partial charge in [-0.15, -0.1) is 0 Å². The molecule has 3 rings (SSSR count). The maximum absolute atomic E-state index is 4.50. The van der Waals surface area contributed by atoms with Gasteiger partial charge in [-0.1, -0.05) is 30.3 Å². The van der Waals surface area contributed by atoms with Gasteiger partial charge in [0.1, 0.15) is 0 Å². The van der Waals surface area contributed by atoms with Crippen molar-refractivity contribution in [1.29, 1.82) is 0 Å². The Hall–Kier alpha value is -1.41. The first-order chi connectivity index (χ1) is 9.33. The van der Waals surface area contributed by atoms with Crippen molar-refractivity contribution in [3.63, 3.8) is 0 Å². The first-order valence-electron chi connectivity index (χ1n) is 7.28. The Bertz CT molecular complexity index is 475. The lowest BCUT2D eigenvalue weighted by Gasteiger charge is -2.28. The quantitative estimate of drug-likeness (QED) is 0.808. The van der Waals surface area contributed by atoms with Gasteiger partial charge in [0.05, 0.1) is 0 Å². The molecule has 2 aliphatic rings.